The molecule has 1 atom stereocenters. The summed E-state index contributed by atoms with van der Waals surface area (Å²) in [6.45, 7) is 7.39. The van der Waals surface area contributed by atoms with E-state index in [4.69, 9.17) is 26.8 Å². The van der Waals surface area contributed by atoms with Crippen molar-refractivity contribution in [3.63, 3.8) is 0 Å². The molecule has 7 heteroatoms. The molecule has 0 aromatic heterocycles. The van der Waals surface area contributed by atoms with Crippen LogP contribution < -0.4 is 15.8 Å². The number of rotatable bonds is 8. The summed E-state index contributed by atoms with van der Waals surface area (Å²) in [5.41, 5.74) is 7.91. The van der Waals surface area contributed by atoms with E-state index in [2.05, 4.69) is 22.3 Å². The monoisotopic (exact) mass is 443 g/mol. The number of nitrogens with one attached hydrogen (secondary N) is 1. The number of morpholine rings is 1. The minimum atomic E-state index is -0.271. The van der Waals surface area contributed by atoms with E-state index in [-0.39, 0.29) is 12.0 Å². The highest BCUT2D eigenvalue weighted by Crippen LogP contribution is 2.30. The first-order valence-electron chi connectivity index (χ1n) is 10.6. The molecule has 1 fully saturated rings. The number of amides is 1. The van der Waals surface area contributed by atoms with E-state index in [1.54, 1.807) is 12.1 Å². The zero-order valence-corrected chi connectivity index (χ0v) is 18.8. The second kappa shape index (κ2) is 11.2. The van der Waals surface area contributed by atoms with Crippen LogP contribution in [0, 0.1) is 0 Å². The summed E-state index contributed by atoms with van der Waals surface area (Å²) in [4.78, 5) is 15.3. The van der Waals surface area contributed by atoms with Gasteiger partial charge in [-0.15, -0.1) is 0 Å². The highest BCUT2D eigenvalue weighted by molar-refractivity contribution is 6.33. The predicted octanol–water partition coefficient (Wildman–Crippen LogP) is 4.25. The summed E-state index contributed by atoms with van der Waals surface area (Å²) < 4.78 is 11.8. The number of allylic oxidation sites excluding steroid dienone is 2. The molecule has 166 valence electrons. The molecule has 1 aliphatic heterocycles. The van der Waals surface area contributed by atoms with E-state index in [0.717, 1.165) is 25.4 Å². The van der Waals surface area contributed by atoms with E-state index in [1.165, 1.54) is 5.56 Å². The zero-order chi connectivity index (χ0) is 22.2. The number of ether oxygens (including phenoxy) is 2. The summed E-state index contributed by atoms with van der Waals surface area (Å²) in [5.74, 6) is 0.875. The van der Waals surface area contributed by atoms with Gasteiger partial charge in [-0.2, -0.15) is 0 Å². The molecular weight excluding hydrogens is 414 g/mol. The van der Waals surface area contributed by atoms with Gasteiger partial charge in [0.25, 0.3) is 5.91 Å². The van der Waals surface area contributed by atoms with Crippen molar-refractivity contribution >= 4 is 23.2 Å². The Labute approximate surface area is 189 Å². The highest BCUT2D eigenvalue weighted by atomic mass is 35.5. The van der Waals surface area contributed by atoms with Crippen LogP contribution in [0.2, 0.25) is 5.02 Å². The van der Waals surface area contributed by atoms with E-state index in [1.807, 2.05) is 38.1 Å². The lowest BCUT2D eigenvalue weighted by Crippen LogP contribution is -2.47. The zero-order valence-electron chi connectivity index (χ0n) is 18.1. The third kappa shape index (κ3) is 6.47. The van der Waals surface area contributed by atoms with Gasteiger partial charge in [-0.25, -0.2) is 0 Å². The molecule has 6 nitrogen and oxygen atoms in total. The number of nitrogens with two attached hydrogens (primary N) is 1. The van der Waals surface area contributed by atoms with Crippen LogP contribution in [0.15, 0.2) is 54.3 Å². The summed E-state index contributed by atoms with van der Waals surface area (Å²) in [6.07, 6.45) is 2.48. The molecule has 1 saturated heterocycles. The number of halogens is 1. The average Bonchev–Trinajstić information content (AvgIpc) is 2.79. The fraction of sp³-hybridized carbons (Fsp3) is 0.375. The number of nitrogens with zero attached hydrogens (tertiary/aromatic N) is 1. The molecule has 0 bridgehead atoms. The van der Waals surface area contributed by atoms with Crippen LogP contribution >= 0.6 is 11.6 Å². The Balaban J connectivity index is 1.62. The molecule has 3 rings (SSSR count). The Hall–Kier alpha value is -2.54. The Morgan fingerprint density at radius 1 is 1.35 bits per heavy atom. The van der Waals surface area contributed by atoms with Crippen molar-refractivity contribution in [2.75, 3.05) is 32.0 Å². The standard InChI is InChI=1S/C24H30ClN3O3/c1-3-18(4-2)31-23-13-22(26)21(25)12-20(23)24(29)27-14-19-16-28(10-11-30-19)15-17-8-6-5-7-9-17/h3,5-9,12-13,19H,4,10-11,14-16,26H2,1-2H3,(H,27,29). The first-order chi connectivity index (χ1) is 15.0. The van der Waals surface area contributed by atoms with Gasteiger partial charge in [0.1, 0.15) is 5.75 Å². The molecule has 3 N–H and O–H groups in total. The van der Waals surface area contributed by atoms with E-state index >= 15 is 0 Å². The van der Waals surface area contributed by atoms with Gasteiger partial charge in [0.05, 0.1) is 34.7 Å². The first-order valence-corrected chi connectivity index (χ1v) is 11.0. The van der Waals surface area contributed by atoms with Crippen molar-refractivity contribution in [2.45, 2.75) is 32.9 Å². The maximum absolute atomic E-state index is 12.9. The maximum atomic E-state index is 12.9. The van der Waals surface area contributed by atoms with Crippen molar-refractivity contribution < 1.29 is 14.3 Å². The number of hydrogen-bond donors (Lipinski definition) is 2. The lowest BCUT2D eigenvalue weighted by Gasteiger charge is -2.33. The summed E-state index contributed by atoms with van der Waals surface area (Å²) >= 11 is 6.17. The summed E-state index contributed by atoms with van der Waals surface area (Å²) in [7, 11) is 0. The molecule has 1 amide bonds. The molecule has 31 heavy (non-hydrogen) atoms. The molecule has 1 aliphatic rings. The summed E-state index contributed by atoms with van der Waals surface area (Å²) in [5, 5.41) is 3.28. The number of carbonyl (C=O) groups excluding carboxylic acids is 1. The maximum Gasteiger partial charge on any atom is 0.255 e. The van der Waals surface area contributed by atoms with Gasteiger partial charge < -0.3 is 20.5 Å². The molecule has 1 unspecified atom stereocenters. The Kier molecular flexibility index (Phi) is 8.35. The van der Waals surface area contributed by atoms with E-state index in [9.17, 15) is 4.79 Å². The molecule has 1 heterocycles. The second-order valence-electron chi connectivity index (χ2n) is 7.50. The smallest absolute Gasteiger partial charge is 0.255 e. The van der Waals surface area contributed by atoms with Crippen LogP contribution in [-0.4, -0.2) is 43.2 Å². The van der Waals surface area contributed by atoms with Gasteiger partial charge in [-0.1, -0.05) is 48.9 Å². The minimum Gasteiger partial charge on any atom is -0.461 e. The van der Waals surface area contributed by atoms with Gasteiger partial charge >= 0.3 is 0 Å². The fourth-order valence-corrected chi connectivity index (χ4v) is 3.66. The number of benzene rings is 2. The molecule has 0 saturated carbocycles. The molecular formula is C24H30ClN3O3. The third-order valence-electron chi connectivity index (χ3n) is 5.22. The molecule has 0 spiro atoms. The largest absolute Gasteiger partial charge is 0.461 e. The fourth-order valence-electron chi connectivity index (χ4n) is 3.50. The van der Waals surface area contributed by atoms with E-state index in [0.29, 0.717) is 41.6 Å². The number of carbonyl (C=O) groups is 1. The van der Waals surface area contributed by atoms with Crippen molar-refractivity contribution in [1.82, 2.24) is 10.2 Å². The van der Waals surface area contributed by atoms with Crippen LogP contribution in [0.5, 0.6) is 5.75 Å². The molecule has 0 aliphatic carbocycles. The second-order valence-corrected chi connectivity index (χ2v) is 7.91. The van der Waals surface area contributed by atoms with Crippen LogP contribution in [-0.2, 0) is 11.3 Å². The molecule has 2 aromatic rings. The highest BCUT2D eigenvalue weighted by Gasteiger charge is 2.23. The van der Waals surface area contributed by atoms with Crippen LogP contribution in [0.3, 0.4) is 0 Å². The lowest BCUT2D eigenvalue weighted by molar-refractivity contribution is -0.0292. The number of anilines is 1. The van der Waals surface area contributed by atoms with Crippen molar-refractivity contribution in [3.8, 4) is 5.75 Å². The Morgan fingerprint density at radius 3 is 2.84 bits per heavy atom. The van der Waals surface area contributed by atoms with Gasteiger partial charge in [0, 0.05) is 38.7 Å². The summed E-state index contributed by atoms with van der Waals surface area (Å²) in [6, 6.07) is 13.5. The van der Waals surface area contributed by atoms with Gasteiger partial charge in [-0.3, -0.25) is 9.69 Å². The molecule has 2 aromatic carbocycles. The minimum absolute atomic E-state index is 0.0863. The van der Waals surface area contributed by atoms with Gasteiger partial charge in [-0.05, 0) is 24.6 Å². The lowest BCUT2D eigenvalue weighted by atomic mass is 10.1. The third-order valence-corrected chi connectivity index (χ3v) is 5.54. The van der Waals surface area contributed by atoms with Crippen molar-refractivity contribution in [2.24, 2.45) is 0 Å². The number of nitrogen functional groups attached to an aromatic ring is 1. The van der Waals surface area contributed by atoms with Crippen LogP contribution in [0.25, 0.3) is 0 Å². The topological polar surface area (TPSA) is 76.8 Å². The van der Waals surface area contributed by atoms with Crippen LogP contribution in [0.4, 0.5) is 5.69 Å². The average molecular weight is 444 g/mol. The Bertz CT molecular complexity index is 918. The normalized spacial score (nSPS) is 17.4. The van der Waals surface area contributed by atoms with E-state index < -0.39 is 0 Å². The first kappa shape index (κ1) is 23.1. The number of hydrogen-bond acceptors (Lipinski definition) is 5. The van der Waals surface area contributed by atoms with Crippen molar-refractivity contribution in [1.29, 1.82) is 0 Å². The Morgan fingerprint density at radius 2 is 2.13 bits per heavy atom. The SMILES string of the molecule is CC=C(CC)Oc1cc(N)c(Cl)cc1C(=O)NCC1CN(Cc2ccccc2)CCO1. The quantitative estimate of drug-likeness (QED) is 0.471. The van der Waals surface area contributed by atoms with Gasteiger partial charge in [0.15, 0.2) is 0 Å². The van der Waals surface area contributed by atoms with Gasteiger partial charge in [0.2, 0.25) is 0 Å². The van der Waals surface area contributed by atoms with Crippen molar-refractivity contribution in [3.05, 3.63) is 70.4 Å². The predicted molar refractivity (Wildman–Crippen MR) is 124 cm³/mol. The molecule has 0 radical (unpaired) electrons. The van der Waals surface area contributed by atoms with Crippen LogP contribution in [0.1, 0.15) is 36.2 Å².